The van der Waals surface area contributed by atoms with Crippen LogP contribution in [0.5, 0.6) is 0 Å². The van der Waals surface area contributed by atoms with Crippen LogP contribution in [0.4, 0.5) is 0 Å². The van der Waals surface area contributed by atoms with Gasteiger partial charge in [-0.25, -0.2) is 0 Å². The Hall–Kier alpha value is -2.14. The van der Waals surface area contributed by atoms with Crippen molar-refractivity contribution >= 4 is 17.4 Å². The Morgan fingerprint density at radius 2 is 2.00 bits per heavy atom. The smallest absolute Gasteiger partial charge is 0.242 e. The Balaban J connectivity index is 1.78. The lowest BCUT2D eigenvalue weighted by Gasteiger charge is -2.26. The van der Waals surface area contributed by atoms with Gasteiger partial charge >= 0.3 is 0 Å². The van der Waals surface area contributed by atoms with Crippen LogP contribution >= 0.6 is 0 Å². The van der Waals surface area contributed by atoms with Crippen molar-refractivity contribution in [2.24, 2.45) is 0 Å². The maximum Gasteiger partial charge on any atom is 0.242 e. The van der Waals surface area contributed by atoms with E-state index in [0.29, 0.717) is 13.1 Å². The van der Waals surface area contributed by atoms with Gasteiger partial charge in [-0.05, 0) is 30.9 Å². The molecule has 0 spiro atoms. The third-order valence-corrected chi connectivity index (χ3v) is 4.13. The zero-order valence-electron chi connectivity index (χ0n) is 14.5. The first-order valence-electron chi connectivity index (χ1n) is 8.64. The van der Waals surface area contributed by atoms with E-state index >= 15 is 0 Å². The summed E-state index contributed by atoms with van der Waals surface area (Å²) in [6.45, 7) is 6.28. The molecule has 0 bridgehead atoms. The van der Waals surface area contributed by atoms with Crippen LogP contribution in [0.3, 0.4) is 0 Å². The maximum atomic E-state index is 12.1. The summed E-state index contributed by atoms with van der Waals surface area (Å²) in [5.74, 6) is -0.235. The average Bonchev–Trinajstić information content (AvgIpc) is 2.61. The lowest BCUT2D eigenvalue weighted by Crippen LogP contribution is -2.48. The van der Waals surface area contributed by atoms with Gasteiger partial charge in [0.05, 0.1) is 6.54 Å². The number of nitrogens with zero attached hydrogens (tertiary/aromatic N) is 1. The molecule has 0 unspecified atom stereocenters. The van der Waals surface area contributed by atoms with E-state index in [1.54, 1.807) is 6.92 Å². The molecule has 1 heterocycles. The van der Waals surface area contributed by atoms with Crippen LogP contribution < -0.4 is 10.6 Å². The van der Waals surface area contributed by atoms with Gasteiger partial charge in [0.15, 0.2) is 0 Å². The number of amides is 2. The molecule has 130 valence electrons. The molecule has 0 aliphatic carbocycles. The van der Waals surface area contributed by atoms with Crippen molar-refractivity contribution < 1.29 is 9.59 Å². The van der Waals surface area contributed by atoms with Gasteiger partial charge in [-0.2, -0.15) is 0 Å². The minimum atomic E-state index is -0.496. The van der Waals surface area contributed by atoms with Crippen LogP contribution in [0.15, 0.2) is 36.4 Å². The zero-order valence-corrected chi connectivity index (χ0v) is 14.5. The summed E-state index contributed by atoms with van der Waals surface area (Å²) in [4.78, 5) is 26.0. The molecule has 5 nitrogen and oxygen atoms in total. The molecular formula is C19H27N3O2. The van der Waals surface area contributed by atoms with Crippen molar-refractivity contribution in [2.75, 3.05) is 26.2 Å². The summed E-state index contributed by atoms with van der Waals surface area (Å²) in [5, 5.41) is 5.55. The summed E-state index contributed by atoms with van der Waals surface area (Å²) in [5.41, 5.74) is 2.59. The van der Waals surface area contributed by atoms with Crippen molar-refractivity contribution in [1.82, 2.24) is 15.5 Å². The number of carbonyl (C=O) groups excluding carboxylic acids is 2. The first-order chi connectivity index (χ1) is 11.6. The Kier molecular flexibility index (Phi) is 7.00. The number of nitrogens with one attached hydrogen (secondary N) is 2. The van der Waals surface area contributed by atoms with Gasteiger partial charge in [-0.1, -0.05) is 43.3 Å². The number of carbonyl (C=O) groups is 2. The highest BCUT2D eigenvalue weighted by molar-refractivity contribution is 5.88. The van der Waals surface area contributed by atoms with Crippen molar-refractivity contribution in [1.29, 1.82) is 0 Å². The Morgan fingerprint density at radius 3 is 2.62 bits per heavy atom. The minimum absolute atomic E-state index is 0.106. The molecule has 0 fully saturated rings. The van der Waals surface area contributed by atoms with Gasteiger partial charge in [0.2, 0.25) is 11.8 Å². The molecule has 2 rings (SSSR count). The van der Waals surface area contributed by atoms with Gasteiger partial charge in [0.25, 0.3) is 0 Å². The number of hydrogen-bond acceptors (Lipinski definition) is 3. The molecule has 1 aliphatic rings. The third-order valence-electron chi connectivity index (χ3n) is 4.13. The number of hydrogen-bond donors (Lipinski definition) is 2. The average molecular weight is 329 g/mol. The van der Waals surface area contributed by atoms with Gasteiger partial charge in [0.1, 0.15) is 6.04 Å². The molecule has 24 heavy (non-hydrogen) atoms. The van der Waals surface area contributed by atoms with E-state index < -0.39 is 6.04 Å². The number of rotatable bonds is 7. The molecule has 5 heteroatoms. The lowest BCUT2D eigenvalue weighted by molar-refractivity contribution is -0.129. The van der Waals surface area contributed by atoms with Crippen LogP contribution in [0.25, 0.3) is 5.57 Å². The highest BCUT2D eigenvalue weighted by Crippen LogP contribution is 2.21. The molecule has 1 atom stereocenters. The largest absolute Gasteiger partial charge is 0.354 e. The minimum Gasteiger partial charge on any atom is -0.354 e. The lowest BCUT2D eigenvalue weighted by atomic mass is 10.00. The molecule has 0 radical (unpaired) electrons. The van der Waals surface area contributed by atoms with E-state index in [9.17, 15) is 9.59 Å². The monoisotopic (exact) mass is 329 g/mol. The molecule has 2 N–H and O–H groups in total. The fourth-order valence-corrected chi connectivity index (χ4v) is 2.73. The molecule has 0 aromatic heterocycles. The fraction of sp³-hybridized carbons (Fsp3) is 0.474. The molecule has 1 aromatic rings. The standard InChI is InChI=1S/C19H27N3O2/c1-3-11-20-19(24)15(2)21-18(23)14-22-12-9-17(10-13-22)16-7-5-4-6-8-16/h4-9,15H,3,10-14H2,1-2H3,(H,20,24)(H,21,23)/t15-/m1/s1. The summed E-state index contributed by atoms with van der Waals surface area (Å²) >= 11 is 0. The molecular weight excluding hydrogens is 302 g/mol. The fourth-order valence-electron chi connectivity index (χ4n) is 2.73. The highest BCUT2D eigenvalue weighted by atomic mass is 16.2. The number of benzene rings is 1. The van der Waals surface area contributed by atoms with Crippen LogP contribution in [-0.4, -0.2) is 48.9 Å². The van der Waals surface area contributed by atoms with Crippen LogP contribution in [0.1, 0.15) is 32.3 Å². The quantitative estimate of drug-likeness (QED) is 0.802. The van der Waals surface area contributed by atoms with Crippen molar-refractivity contribution in [3.63, 3.8) is 0 Å². The summed E-state index contributed by atoms with van der Waals surface area (Å²) < 4.78 is 0. The second-order valence-corrected chi connectivity index (χ2v) is 6.16. The summed E-state index contributed by atoms with van der Waals surface area (Å²) in [7, 11) is 0. The van der Waals surface area contributed by atoms with Crippen molar-refractivity contribution in [3.8, 4) is 0 Å². The van der Waals surface area contributed by atoms with E-state index in [1.807, 2.05) is 25.1 Å². The molecule has 0 saturated heterocycles. The Labute approximate surface area is 144 Å². The van der Waals surface area contributed by atoms with Crippen LogP contribution in [0.2, 0.25) is 0 Å². The van der Waals surface area contributed by atoms with Gasteiger partial charge < -0.3 is 10.6 Å². The second-order valence-electron chi connectivity index (χ2n) is 6.16. The molecule has 2 amide bonds. The van der Waals surface area contributed by atoms with E-state index in [2.05, 4.69) is 33.7 Å². The van der Waals surface area contributed by atoms with Crippen LogP contribution in [0, 0.1) is 0 Å². The highest BCUT2D eigenvalue weighted by Gasteiger charge is 2.19. The van der Waals surface area contributed by atoms with Gasteiger partial charge in [-0.3, -0.25) is 14.5 Å². The third kappa shape index (κ3) is 5.49. The topological polar surface area (TPSA) is 61.4 Å². The molecule has 0 saturated carbocycles. The summed E-state index contributed by atoms with van der Waals surface area (Å²) in [6, 6.07) is 9.84. The van der Waals surface area contributed by atoms with Crippen molar-refractivity contribution in [2.45, 2.75) is 32.7 Å². The van der Waals surface area contributed by atoms with E-state index in [1.165, 1.54) is 11.1 Å². The van der Waals surface area contributed by atoms with E-state index in [4.69, 9.17) is 0 Å². The first kappa shape index (κ1) is 18.2. The normalized spacial score (nSPS) is 16.2. The second kappa shape index (κ2) is 9.23. The Bertz CT molecular complexity index is 584. The summed E-state index contributed by atoms with van der Waals surface area (Å²) in [6.07, 6.45) is 4.00. The van der Waals surface area contributed by atoms with Crippen molar-refractivity contribution in [3.05, 3.63) is 42.0 Å². The van der Waals surface area contributed by atoms with E-state index in [-0.39, 0.29) is 11.8 Å². The maximum absolute atomic E-state index is 12.1. The SMILES string of the molecule is CCCNC(=O)[C@@H](C)NC(=O)CN1CC=C(c2ccccc2)CC1. The zero-order chi connectivity index (χ0) is 17.4. The van der Waals surface area contributed by atoms with Gasteiger partial charge in [-0.15, -0.1) is 0 Å². The Morgan fingerprint density at radius 1 is 1.25 bits per heavy atom. The predicted molar refractivity (Wildman–Crippen MR) is 96.4 cm³/mol. The molecule has 1 aromatic carbocycles. The predicted octanol–water partition coefficient (Wildman–Crippen LogP) is 1.81. The molecule has 1 aliphatic heterocycles. The van der Waals surface area contributed by atoms with Crippen LogP contribution in [-0.2, 0) is 9.59 Å². The van der Waals surface area contributed by atoms with E-state index in [0.717, 1.165) is 25.9 Å². The van der Waals surface area contributed by atoms with Gasteiger partial charge in [0, 0.05) is 19.6 Å². The first-order valence-corrected chi connectivity index (χ1v) is 8.64.